The molecular weight excluding hydrogens is 212 g/mol. The van der Waals surface area contributed by atoms with E-state index in [-0.39, 0.29) is 23.8 Å². The highest BCUT2D eigenvalue weighted by Crippen LogP contribution is 2.15. The molecule has 2 heterocycles. The van der Waals surface area contributed by atoms with E-state index in [1.165, 1.54) is 19.3 Å². The van der Waals surface area contributed by atoms with Crippen LogP contribution >= 0.6 is 0 Å². The van der Waals surface area contributed by atoms with Crippen molar-refractivity contribution >= 4 is 17.5 Å². The van der Waals surface area contributed by atoms with Gasteiger partial charge in [0.15, 0.2) is 0 Å². The first kappa shape index (κ1) is 10.3. The maximum atomic E-state index is 11.5. The van der Waals surface area contributed by atoms with Gasteiger partial charge in [0.2, 0.25) is 5.91 Å². The van der Waals surface area contributed by atoms with E-state index in [4.69, 9.17) is 0 Å². The SMILES string of the molecule is CN1C(=O)CC(Nc2cn[nH]c(=O)c2)C1=O. The zero-order valence-electron chi connectivity index (χ0n) is 8.56. The number of carbonyl (C=O) groups excluding carboxylic acids is 2. The summed E-state index contributed by atoms with van der Waals surface area (Å²) >= 11 is 0. The molecule has 0 spiro atoms. The third-order valence-electron chi connectivity index (χ3n) is 2.39. The predicted molar refractivity (Wildman–Crippen MR) is 54.7 cm³/mol. The molecule has 0 aromatic carbocycles. The molecule has 0 saturated carbocycles. The molecule has 0 aliphatic carbocycles. The van der Waals surface area contributed by atoms with Crippen LogP contribution in [0.15, 0.2) is 17.1 Å². The molecule has 16 heavy (non-hydrogen) atoms. The second-order valence-corrected chi connectivity index (χ2v) is 3.53. The van der Waals surface area contributed by atoms with E-state index in [0.29, 0.717) is 5.69 Å². The average Bonchev–Trinajstić information content (AvgIpc) is 2.47. The summed E-state index contributed by atoms with van der Waals surface area (Å²) in [6, 6.07) is 0.671. The number of amides is 2. The fraction of sp³-hybridized carbons (Fsp3) is 0.333. The lowest BCUT2D eigenvalue weighted by Crippen LogP contribution is -2.32. The molecule has 1 saturated heterocycles. The zero-order valence-corrected chi connectivity index (χ0v) is 8.56. The second kappa shape index (κ2) is 3.76. The fourth-order valence-electron chi connectivity index (χ4n) is 1.52. The first-order chi connectivity index (χ1) is 7.58. The minimum atomic E-state index is -0.610. The lowest BCUT2D eigenvalue weighted by molar-refractivity contribution is -0.136. The Balaban J connectivity index is 2.15. The van der Waals surface area contributed by atoms with Gasteiger partial charge in [-0.2, -0.15) is 5.10 Å². The average molecular weight is 222 g/mol. The number of imide groups is 1. The highest BCUT2D eigenvalue weighted by molar-refractivity contribution is 6.06. The quantitative estimate of drug-likeness (QED) is 0.622. The fourth-order valence-corrected chi connectivity index (χ4v) is 1.52. The number of likely N-dealkylation sites (N-methyl/N-ethyl adjacent to an activating group) is 1. The van der Waals surface area contributed by atoms with Crippen molar-refractivity contribution in [3.63, 3.8) is 0 Å². The largest absolute Gasteiger partial charge is 0.372 e. The molecule has 0 radical (unpaired) electrons. The van der Waals surface area contributed by atoms with Gasteiger partial charge in [0.25, 0.3) is 11.5 Å². The van der Waals surface area contributed by atoms with Crippen LogP contribution in [0.3, 0.4) is 0 Å². The molecular formula is C9H10N4O3. The number of nitrogens with zero attached hydrogens (tertiary/aromatic N) is 2. The van der Waals surface area contributed by atoms with Gasteiger partial charge in [-0.15, -0.1) is 0 Å². The molecule has 2 rings (SSSR count). The lowest BCUT2D eigenvalue weighted by Gasteiger charge is -2.11. The molecule has 84 valence electrons. The van der Waals surface area contributed by atoms with Gasteiger partial charge in [-0.3, -0.25) is 19.3 Å². The van der Waals surface area contributed by atoms with Crippen LogP contribution in [0.25, 0.3) is 0 Å². The van der Waals surface area contributed by atoms with Crippen molar-refractivity contribution in [1.82, 2.24) is 15.1 Å². The summed E-state index contributed by atoms with van der Waals surface area (Å²) in [5.74, 6) is -0.536. The molecule has 1 aliphatic rings. The maximum Gasteiger partial charge on any atom is 0.266 e. The Morgan fingerprint density at radius 3 is 2.81 bits per heavy atom. The van der Waals surface area contributed by atoms with Crippen molar-refractivity contribution in [2.24, 2.45) is 0 Å². The van der Waals surface area contributed by atoms with Gasteiger partial charge in [-0.25, -0.2) is 5.10 Å². The number of hydrogen-bond acceptors (Lipinski definition) is 5. The van der Waals surface area contributed by atoms with Crippen molar-refractivity contribution in [1.29, 1.82) is 0 Å². The Hall–Kier alpha value is -2.18. The molecule has 0 bridgehead atoms. The van der Waals surface area contributed by atoms with Crippen molar-refractivity contribution in [3.8, 4) is 0 Å². The van der Waals surface area contributed by atoms with Gasteiger partial charge in [0, 0.05) is 13.1 Å². The standard InChI is InChI=1S/C9H10N4O3/c1-13-8(15)3-6(9(13)16)11-5-2-7(14)12-10-4-5/h2,4,6H,3H2,1H3,(H2,11,12,14). The van der Waals surface area contributed by atoms with E-state index < -0.39 is 6.04 Å². The first-order valence-corrected chi connectivity index (χ1v) is 4.69. The van der Waals surface area contributed by atoms with Crippen LogP contribution in [-0.4, -0.2) is 40.0 Å². The Labute approximate surface area is 90.5 Å². The molecule has 7 heteroatoms. The van der Waals surface area contributed by atoms with Crippen LogP contribution in [-0.2, 0) is 9.59 Å². The minimum Gasteiger partial charge on any atom is -0.372 e. The highest BCUT2D eigenvalue weighted by atomic mass is 16.2. The molecule has 1 aromatic rings. The topological polar surface area (TPSA) is 95.2 Å². The van der Waals surface area contributed by atoms with E-state index >= 15 is 0 Å². The van der Waals surface area contributed by atoms with E-state index in [1.54, 1.807) is 0 Å². The zero-order chi connectivity index (χ0) is 11.7. The molecule has 1 fully saturated rings. The second-order valence-electron chi connectivity index (χ2n) is 3.53. The molecule has 1 aromatic heterocycles. The highest BCUT2D eigenvalue weighted by Gasteiger charge is 2.35. The van der Waals surface area contributed by atoms with E-state index in [9.17, 15) is 14.4 Å². The number of hydrogen-bond donors (Lipinski definition) is 2. The molecule has 1 unspecified atom stereocenters. The van der Waals surface area contributed by atoms with Gasteiger partial charge < -0.3 is 5.32 Å². The monoisotopic (exact) mass is 222 g/mol. The van der Waals surface area contributed by atoms with Crippen molar-refractivity contribution in [2.75, 3.05) is 12.4 Å². The van der Waals surface area contributed by atoms with Crippen molar-refractivity contribution in [2.45, 2.75) is 12.5 Å². The van der Waals surface area contributed by atoms with Gasteiger partial charge in [0.1, 0.15) is 6.04 Å². The summed E-state index contributed by atoms with van der Waals surface area (Å²) in [4.78, 5) is 34.8. The molecule has 2 amide bonds. The number of anilines is 1. The first-order valence-electron chi connectivity index (χ1n) is 4.69. The summed E-state index contributed by atoms with van der Waals surface area (Å²) in [6.07, 6.45) is 1.49. The Morgan fingerprint density at radius 1 is 1.50 bits per heavy atom. The summed E-state index contributed by atoms with van der Waals surface area (Å²) in [5.41, 5.74) is 0.0559. The summed E-state index contributed by atoms with van der Waals surface area (Å²) < 4.78 is 0. The van der Waals surface area contributed by atoms with Crippen LogP contribution in [0, 0.1) is 0 Å². The van der Waals surface area contributed by atoms with Gasteiger partial charge >= 0.3 is 0 Å². The Bertz CT molecular complexity index is 496. The van der Waals surface area contributed by atoms with Gasteiger partial charge in [-0.05, 0) is 0 Å². The summed E-state index contributed by atoms with van der Waals surface area (Å²) in [6.45, 7) is 0. The number of carbonyl (C=O) groups is 2. The summed E-state index contributed by atoms with van der Waals surface area (Å²) in [7, 11) is 1.43. The maximum absolute atomic E-state index is 11.5. The van der Waals surface area contributed by atoms with E-state index in [2.05, 4.69) is 15.5 Å². The number of aromatic nitrogens is 2. The normalized spacial score (nSPS) is 20.3. The smallest absolute Gasteiger partial charge is 0.266 e. The van der Waals surface area contributed by atoms with Crippen molar-refractivity contribution < 1.29 is 9.59 Å². The van der Waals surface area contributed by atoms with Crippen molar-refractivity contribution in [3.05, 3.63) is 22.6 Å². The lowest BCUT2D eigenvalue weighted by atomic mass is 10.2. The van der Waals surface area contributed by atoms with Crippen LogP contribution in [0.4, 0.5) is 5.69 Å². The van der Waals surface area contributed by atoms with Crippen LogP contribution in [0.2, 0.25) is 0 Å². The number of likely N-dealkylation sites (tertiary alicyclic amines) is 1. The molecule has 7 nitrogen and oxygen atoms in total. The summed E-state index contributed by atoms with van der Waals surface area (Å²) in [5, 5.41) is 8.59. The molecule has 1 atom stereocenters. The van der Waals surface area contributed by atoms with Crippen LogP contribution < -0.4 is 10.9 Å². The number of H-pyrrole nitrogens is 1. The minimum absolute atomic E-state index is 0.0993. The third kappa shape index (κ3) is 1.79. The predicted octanol–water partition coefficient (Wildman–Crippen LogP) is -1.06. The number of nitrogens with one attached hydrogen (secondary N) is 2. The molecule has 1 aliphatic heterocycles. The molecule has 2 N–H and O–H groups in total. The van der Waals surface area contributed by atoms with E-state index in [0.717, 1.165) is 4.90 Å². The number of aromatic amines is 1. The van der Waals surface area contributed by atoms with Gasteiger partial charge in [-0.1, -0.05) is 0 Å². The number of rotatable bonds is 2. The Morgan fingerprint density at radius 2 is 2.25 bits per heavy atom. The van der Waals surface area contributed by atoms with Crippen LogP contribution in [0.1, 0.15) is 6.42 Å². The van der Waals surface area contributed by atoms with Gasteiger partial charge in [0.05, 0.1) is 18.3 Å². The Kier molecular flexibility index (Phi) is 2.43. The van der Waals surface area contributed by atoms with E-state index in [1.807, 2.05) is 0 Å². The van der Waals surface area contributed by atoms with Crippen LogP contribution in [0.5, 0.6) is 0 Å². The third-order valence-corrected chi connectivity index (χ3v) is 2.39.